The number of nitro benzene ring substituents is 1. The Morgan fingerprint density at radius 2 is 1.74 bits per heavy atom. The molecule has 1 amide bonds. The van der Waals surface area contributed by atoms with Crippen LogP contribution in [0.4, 0.5) is 21.5 Å². The van der Waals surface area contributed by atoms with Gasteiger partial charge in [0.2, 0.25) is 5.91 Å². The van der Waals surface area contributed by atoms with Gasteiger partial charge in [0.15, 0.2) is 0 Å². The second-order valence-electron chi connectivity index (χ2n) is 6.41. The first-order chi connectivity index (χ1) is 13.0. The van der Waals surface area contributed by atoms with E-state index in [1.54, 1.807) is 37.3 Å². The lowest BCUT2D eigenvalue weighted by Gasteiger charge is -2.38. The van der Waals surface area contributed by atoms with Gasteiger partial charge in [0.05, 0.1) is 16.7 Å². The number of amides is 1. The van der Waals surface area contributed by atoms with Crippen molar-refractivity contribution in [3.05, 3.63) is 64.5 Å². The maximum Gasteiger partial charge on any atom is 0.292 e. The predicted octanol–water partition coefficient (Wildman–Crippen LogP) is 2.88. The van der Waals surface area contributed by atoms with Crippen LogP contribution in [0.1, 0.15) is 6.92 Å². The molecule has 2 aromatic carbocycles. The second-order valence-corrected chi connectivity index (χ2v) is 6.41. The topological polar surface area (TPSA) is 78.7 Å². The molecule has 1 N–H and O–H groups in total. The number of para-hydroxylation sites is 3. The Labute approximate surface area is 156 Å². The number of hydrogen-bond donors (Lipinski definition) is 1. The van der Waals surface area contributed by atoms with E-state index in [2.05, 4.69) is 5.32 Å². The first-order valence-electron chi connectivity index (χ1n) is 8.75. The smallest absolute Gasteiger partial charge is 0.292 e. The van der Waals surface area contributed by atoms with Gasteiger partial charge in [-0.1, -0.05) is 24.3 Å². The molecule has 2 aromatic rings. The molecular weight excluding hydrogens is 351 g/mol. The summed E-state index contributed by atoms with van der Waals surface area (Å²) in [7, 11) is 0. The summed E-state index contributed by atoms with van der Waals surface area (Å²) in [5.41, 5.74) is 0.829. The molecule has 8 heteroatoms. The van der Waals surface area contributed by atoms with Gasteiger partial charge in [0.25, 0.3) is 5.69 Å². The van der Waals surface area contributed by atoms with Crippen molar-refractivity contribution in [3.63, 3.8) is 0 Å². The average Bonchev–Trinajstić information content (AvgIpc) is 2.69. The first kappa shape index (κ1) is 18.8. The molecule has 27 heavy (non-hydrogen) atoms. The Kier molecular flexibility index (Phi) is 5.66. The highest BCUT2D eigenvalue weighted by atomic mass is 19.1. The highest BCUT2D eigenvalue weighted by molar-refractivity contribution is 5.94. The van der Waals surface area contributed by atoms with Crippen LogP contribution in [0.25, 0.3) is 0 Å². The van der Waals surface area contributed by atoms with E-state index >= 15 is 0 Å². The zero-order valence-electron chi connectivity index (χ0n) is 15.0. The maximum atomic E-state index is 13.7. The normalized spacial score (nSPS) is 16.0. The minimum Gasteiger partial charge on any atom is -0.363 e. The minimum absolute atomic E-state index is 0.0799. The SMILES string of the molecule is CC(C(=O)Nc1ccccc1F)N1CCN(c2ccccc2[N+](=O)[O-])CC1. The van der Waals surface area contributed by atoms with Crippen molar-refractivity contribution < 1.29 is 14.1 Å². The number of nitrogens with one attached hydrogen (secondary N) is 1. The number of rotatable bonds is 5. The molecule has 1 fully saturated rings. The van der Waals surface area contributed by atoms with Gasteiger partial charge in [-0.3, -0.25) is 19.8 Å². The molecule has 1 heterocycles. The fourth-order valence-electron chi connectivity index (χ4n) is 3.20. The Morgan fingerprint density at radius 1 is 1.11 bits per heavy atom. The highest BCUT2D eigenvalue weighted by Gasteiger charge is 2.28. The molecule has 1 aliphatic rings. The van der Waals surface area contributed by atoms with Crippen molar-refractivity contribution in [3.8, 4) is 0 Å². The third-order valence-electron chi connectivity index (χ3n) is 4.79. The summed E-state index contributed by atoms with van der Waals surface area (Å²) < 4.78 is 13.7. The van der Waals surface area contributed by atoms with E-state index in [1.165, 1.54) is 18.2 Å². The molecule has 0 radical (unpaired) electrons. The third kappa shape index (κ3) is 4.22. The third-order valence-corrected chi connectivity index (χ3v) is 4.79. The molecule has 0 saturated carbocycles. The zero-order valence-corrected chi connectivity index (χ0v) is 15.0. The van der Waals surface area contributed by atoms with Crippen molar-refractivity contribution in [2.45, 2.75) is 13.0 Å². The zero-order chi connectivity index (χ0) is 19.4. The van der Waals surface area contributed by atoms with Crippen LogP contribution in [0.5, 0.6) is 0 Å². The summed E-state index contributed by atoms with van der Waals surface area (Å²) in [5, 5.41) is 13.8. The van der Waals surface area contributed by atoms with Crippen molar-refractivity contribution >= 4 is 23.0 Å². The fourth-order valence-corrected chi connectivity index (χ4v) is 3.20. The van der Waals surface area contributed by atoms with Gasteiger partial charge >= 0.3 is 0 Å². The molecule has 0 aromatic heterocycles. The lowest BCUT2D eigenvalue weighted by Crippen LogP contribution is -2.53. The minimum atomic E-state index is -0.473. The number of carbonyl (C=O) groups excluding carboxylic acids is 1. The van der Waals surface area contributed by atoms with Crippen LogP contribution in [-0.4, -0.2) is 48.0 Å². The molecule has 3 rings (SSSR count). The second kappa shape index (κ2) is 8.13. The largest absolute Gasteiger partial charge is 0.363 e. The molecular formula is C19H21FN4O3. The van der Waals surface area contributed by atoms with Gasteiger partial charge in [-0.25, -0.2) is 4.39 Å². The Bertz CT molecular complexity index is 837. The van der Waals surface area contributed by atoms with Crippen LogP contribution < -0.4 is 10.2 Å². The molecule has 0 aliphatic carbocycles. The predicted molar refractivity (Wildman–Crippen MR) is 101 cm³/mol. The van der Waals surface area contributed by atoms with E-state index in [-0.39, 0.29) is 22.2 Å². The van der Waals surface area contributed by atoms with Gasteiger partial charge in [-0.2, -0.15) is 0 Å². The molecule has 7 nitrogen and oxygen atoms in total. The van der Waals surface area contributed by atoms with Crippen LogP contribution in [0.15, 0.2) is 48.5 Å². The lowest BCUT2D eigenvalue weighted by molar-refractivity contribution is -0.384. The van der Waals surface area contributed by atoms with E-state index in [0.717, 1.165) is 0 Å². The van der Waals surface area contributed by atoms with Crippen molar-refractivity contribution in [2.24, 2.45) is 0 Å². The van der Waals surface area contributed by atoms with Gasteiger partial charge in [-0.15, -0.1) is 0 Å². The summed E-state index contributed by atoms with van der Waals surface area (Å²) in [4.78, 5) is 27.2. The number of nitrogens with zero attached hydrogens (tertiary/aromatic N) is 3. The highest BCUT2D eigenvalue weighted by Crippen LogP contribution is 2.28. The van der Waals surface area contributed by atoms with E-state index in [9.17, 15) is 19.3 Å². The van der Waals surface area contributed by atoms with E-state index in [0.29, 0.717) is 31.9 Å². The summed E-state index contributed by atoms with van der Waals surface area (Å²) in [5.74, 6) is -0.751. The first-order valence-corrected chi connectivity index (χ1v) is 8.75. The summed E-state index contributed by atoms with van der Waals surface area (Å²) in [6.07, 6.45) is 0. The standard InChI is InChI=1S/C19H21FN4O3/c1-14(19(25)21-16-7-3-2-6-15(16)20)22-10-12-23(13-11-22)17-8-4-5-9-18(17)24(26)27/h2-9,14H,10-13H2,1H3,(H,21,25). The maximum absolute atomic E-state index is 13.7. The van der Waals surface area contributed by atoms with Crippen LogP contribution in [0.3, 0.4) is 0 Å². The van der Waals surface area contributed by atoms with Crippen molar-refractivity contribution in [2.75, 3.05) is 36.4 Å². The van der Waals surface area contributed by atoms with E-state index in [1.807, 2.05) is 9.80 Å². The Hall–Kier alpha value is -3.00. The molecule has 0 spiro atoms. The average molecular weight is 372 g/mol. The quantitative estimate of drug-likeness (QED) is 0.645. The van der Waals surface area contributed by atoms with Crippen molar-refractivity contribution in [1.82, 2.24) is 4.90 Å². The van der Waals surface area contributed by atoms with Crippen LogP contribution in [0, 0.1) is 15.9 Å². The molecule has 1 unspecified atom stereocenters. The Morgan fingerprint density at radius 3 is 2.41 bits per heavy atom. The number of benzene rings is 2. The number of halogens is 1. The molecule has 0 bridgehead atoms. The summed E-state index contributed by atoms with van der Waals surface area (Å²) in [6.45, 7) is 4.08. The summed E-state index contributed by atoms with van der Waals surface area (Å²) in [6, 6.07) is 12.3. The molecule has 142 valence electrons. The van der Waals surface area contributed by atoms with Crippen LogP contribution >= 0.6 is 0 Å². The molecule has 1 saturated heterocycles. The molecule has 1 atom stereocenters. The van der Waals surface area contributed by atoms with E-state index < -0.39 is 11.9 Å². The number of hydrogen-bond acceptors (Lipinski definition) is 5. The fraction of sp³-hybridized carbons (Fsp3) is 0.316. The van der Waals surface area contributed by atoms with Gasteiger partial charge < -0.3 is 10.2 Å². The van der Waals surface area contributed by atoms with Gasteiger partial charge in [-0.05, 0) is 25.1 Å². The number of carbonyl (C=O) groups is 1. The van der Waals surface area contributed by atoms with Gasteiger partial charge in [0.1, 0.15) is 11.5 Å². The monoisotopic (exact) mass is 372 g/mol. The summed E-state index contributed by atoms with van der Waals surface area (Å²) >= 11 is 0. The van der Waals surface area contributed by atoms with E-state index in [4.69, 9.17) is 0 Å². The van der Waals surface area contributed by atoms with Gasteiger partial charge in [0, 0.05) is 32.2 Å². The lowest BCUT2D eigenvalue weighted by atomic mass is 10.1. The van der Waals surface area contributed by atoms with Crippen LogP contribution in [-0.2, 0) is 4.79 Å². The van der Waals surface area contributed by atoms with Crippen LogP contribution in [0.2, 0.25) is 0 Å². The number of anilines is 2. The molecule has 1 aliphatic heterocycles. The van der Waals surface area contributed by atoms with Crippen molar-refractivity contribution in [1.29, 1.82) is 0 Å². The number of piperazine rings is 1. The Balaban J connectivity index is 1.61. The number of nitro groups is 1.